The van der Waals surface area contributed by atoms with Gasteiger partial charge in [0.05, 0.1) is 18.8 Å². The van der Waals surface area contributed by atoms with E-state index in [-0.39, 0.29) is 37.8 Å². The van der Waals surface area contributed by atoms with E-state index in [4.69, 9.17) is 9.47 Å². The first-order chi connectivity index (χ1) is 13.1. The molecule has 0 aliphatic carbocycles. The van der Waals surface area contributed by atoms with E-state index in [2.05, 4.69) is 27.2 Å². The number of methoxy groups -OCH3 is 1. The fourth-order valence-corrected chi connectivity index (χ4v) is 3.91. The second-order valence-corrected chi connectivity index (χ2v) is 6.97. The number of piperazine rings is 1. The van der Waals surface area contributed by atoms with Gasteiger partial charge in [-0.3, -0.25) is 9.69 Å². The van der Waals surface area contributed by atoms with Gasteiger partial charge in [-0.1, -0.05) is 18.2 Å². The van der Waals surface area contributed by atoms with Crippen LogP contribution in [-0.2, 0) is 14.3 Å². The van der Waals surface area contributed by atoms with E-state index < -0.39 is 12.2 Å². The van der Waals surface area contributed by atoms with Crippen LogP contribution in [0.3, 0.4) is 0 Å². The van der Waals surface area contributed by atoms with Gasteiger partial charge in [-0.05, 0) is 12.1 Å². The van der Waals surface area contributed by atoms with E-state index >= 15 is 0 Å². The van der Waals surface area contributed by atoms with Crippen LogP contribution >= 0.6 is 0 Å². The highest BCUT2D eigenvalue weighted by Crippen LogP contribution is 2.27. The van der Waals surface area contributed by atoms with Gasteiger partial charge >= 0.3 is 0 Å². The number of benzene rings is 1. The summed E-state index contributed by atoms with van der Waals surface area (Å²) < 4.78 is 10.6. The second-order valence-electron chi connectivity index (χ2n) is 6.97. The average Bonchev–Trinajstić information content (AvgIpc) is 3.03. The van der Waals surface area contributed by atoms with Crippen molar-refractivity contribution in [2.75, 3.05) is 57.9 Å². The Morgan fingerprint density at radius 3 is 2.56 bits per heavy atom. The highest BCUT2D eigenvalue weighted by molar-refractivity contribution is 5.77. The molecule has 3 rings (SSSR count). The number of ether oxygens (including phenoxy) is 2. The number of para-hydroxylation sites is 1. The van der Waals surface area contributed by atoms with Gasteiger partial charge in [0.15, 0.2) is 0 Å². The lowest BCUT2D eigenvalue weighted by Crippen LogP contribution is -2.57. The number of rotatable bonds is 7. The van der Waals surface area contributed by atoms with Crippen molar-refractivity contribution in [2.24, 2.45) is 0 Å². The highest BCUT2D eigenvalue weighted by atomic mass is 16.5. The van der Waals surface area contributed by atoms with E-state index in [9.17, 15) is 15.0 Å². The molecule has 8 nitrogen and oxygen atoms in total. The fourth-order valence-electron chi connectivity index (χ4n) is 3.91. The molecule has 3 N–H and O–H groups in total. The largest absolute Gasteiger partial charge is 0.394 e. The third kappa shape index (κ3) is 4.77. The highest BCUT2D eigenvalue weighted by Gasteiger charge is 2.46. The van der Waals surface area contributed by atoms with Gasteiger partial charge in [-0.25, -0.2) is 0 Å². The minimum absolute atomic E-state index is 0.0148. The maximum atomic E-state index is 11.7. The number of hydrogen-bond acceptors (Lipinski definition) is 7. The molecule has 0 saturated carbocycles. The molecule has 0 aromatic heterocycles. The summed E-state index contributed by atoms with van der Waals surface area (Å²) >= 11 is 0. The average molecular weight is 379 g/mol. The van der Waals surface area contributed by atoms with Crippen molar-refractivity contribution in [3.63, 3.8) is 0 Å². The van der Waals surface area contributed by atoms with Crippen molar-refractivity contribution in [2.45, 2.75) is 24.4 Å². The normalized spacial score (nSPS) is 29.1. The number of aliphatic hydroxyl groups is 2. The Labute approximate surface area is 159 Å². The number of carbonyl (C=O) groups is 1. The topological polar surface area (TPSA) is 94.5 Å². The molecular weight excluding hydrogens is 350 g/mol. The van der Waals surface area contributed by atoms with Crippen LogP contribution in [0, 0.1) is 0 Å². The van der Waals surface area contributed by atoms with Gasteiger partial charge in [0.2, 0.25) is 5.91 Å². The molecule has 27 heavy (non-hydrogen) atoms. The van der Waals surface area contributed by atoms with Crippen LogP contribution < -0.4 is 10.2 Å². The van der Waals surface area contributed by atoms with E-state index in [1.807, 2.05) is 18.2 Å². The van der Waals surface area contributed by atoms with Crippen molar-refractivity contribution in [3.8, 4) is 0 Å². The van der Waals surface area contributed by atoms with Crippen LogP contribution in [-0.4, -0.2) is 98.4 Å². The quantitative estimate of drug-likeness (QED) is 0.563. The van der Waals surface area contributed by atoms with E-state index in [0.29, 0.717) is 0 Å². The van der Waals surface area contributed by atoms with E-state index in [0.717, 1.165) is 26.2 Å². The Morgan fingerprint density at radius 1 is 1.22 bits per heavy atom. The monoisotopic (exact) mass is 379 g/mol. The summed E-state index contributed by atoms with van der Waals surface area (Å²) in [5.74, 6) is -0.226. The van der Waals surface area contributed by atoms with Gasteiger partial charge in [0.1, 0.15) is 18.8 Å². The summed E-state index contributed by atoms with van der Waals surface area (Å²) in [6.07, 6.45) is -1.80. The molecule has 2 fully saturated rings. The Kier molecular flexibility index (Phi) is 7.03. The first-order valence-electron chi connectivity index (χ1n) is 9.38. The van der Waals surface area contributed by atoms with Gasteiger partial charge in [-0.2, -0.15) is 0 Å². The summed E-state index contributed by atoms with van der Waals surface area (Å²) in [6, 6.07) is 9.99. The lowest BCUT2D eigenvalue weighted by atomic mass is 10.0. The smallest absolute Gasteiger partial charge is 0.246 e. The van der Waals surface area contributed by atoms with Crippen LogP contribution in [0.5, 0.6) is 0 Å². The van der Waals surface area contributed by atoms with Gasteiger partial charge in [0.25, 0.3) is 0 Å². The lowest BCUT2D eigenvalue weighted by Gasteiger charge is -2.41. The zero-order valence-electron chi connectivity index (χ0n) is 15.7. The lowest BCUT2D eigenvalue weighted by molar-refractivity contribution is -0.125. The predicted octanol–water partition coefficient (Wildman–Crippen LogP) is -0.940. The Bertz CT molecular complexity index is 594. The number of hydrogen-bond donors (Lipinski definition) is 3. The Balaban J connectivity index is 1.61. The van der Waals surface area contributed by atoms with Crippen molar-refractivity contribution in [1.29, 1.82) is 0 Å². The predicted molar refractivity (Wildman–Crippen MR) is 101 cm³/mol. The van der Waals surface area contributed by atoms with E-state index in [1.165, 1.54) is 12.8 Å². The van der Waals surface area contributed by atoms with Gasteiger partial charge in [-0.15, -0.1) is 0 Å². The molecule has 1 aromatic rings. The zero-order valence-corrected chi connectivity index (χ0v) is 15.7. The molecule has 2 aliphatic rings. The molecule has 0 spiro atoms. The maximum absolute atomic E-state index is 11.7. The SMILES string of the molecule is COCC(=O)NC[C@H]1O[C@@H](CO)[C@@H](O)[C@H]1N1CCN(c2ccccc2)CC1. The molecule has 8 heteroatoms. The molecule has 4 atom stereocenters. The van der Waals surface area contributed by atoms with E-state index in [1.54, 1.807) is 0 Å². The van der Waals surface area contributed by atoms with Crippen LogP contribution in [0.2, 0.25) is 0 Å². The van der Waals surface area contributed by atoms with Gasteiger partial charge in [0, 0.05) is 45.5 Å². The minimum atomic E-state index is -0.789. The first kappa shape index (κ1) is 20.0. The molecular formula is C19H29N3O5. The molecule has 0 bridgehead atoms. The number of amides is 1. The van der Waals surface area contributed by atoms with Crippen molar-refractivity contribution >= 4 is 11.6 Å². The summed E-state index contributed by atoms with van der Waals surface area (Å²) in [4.78, 5) is 16.2. The third-order valence-electron chi connectivity index (χ3n) is 5.27. The molecule has 1 amide bonds. The Hall–Kier alpha value is -1.71. The summed E-state index contributed by atoms with van der Waals surface area (Å²) in [5.41, 5.74) is 1.19. The van der Waals surface area contributed by atoms with Crippen LogP contribution in [0.4, 0.5) is 5.69 Å². The molecule has 2 aliphatic heterocycles. The van der Waals surface area contributed by atoms with Crippen molar-refractivity contribution in [1.82, 2.24) is 10.2 Å². The van der Waals surface area contributed by atoms with Gasteiger partial charge < -0.3 is 29.9 Å². The number of nitrogens with one attached hydrogen (secondary N) is 1. The summed E-state index contributed by atoms with van der Waals surface area (Å²) in [5, 5.41) is 22.9. The van der Waals surface area contributed by atoms with Crippen LogP contribution in [0.25, 0.3) is 0 Å². The van der Waals surface area contributed by atoms with Crippen molar-refractivity contribution < 1.29 is 24.5 Å². The zero-order chi connectivity index (χ0) is 19.2. The first-order valence-corrected chi connectivity index (χ1v) is 9.38. The van der Waals surface area contributed by atoms with Crippen LogP contribution in [0.15, 0.2) is 30.3 Å². The summed E-state index contributed by atoms with van der Waals surface area (Å²) in [6.45, 7) is 3.27. The summed E-state index contributed by atoms with van der Waals surface area (Å²) in [7, 11) is 1.46. The Morgan fingerprint density at radius 2 is 1.93 bits per heavy atom. The molecule has 2 heterocycles. The fraction of sp³-hybridized carbons (Fsp3) is 0.632. The molecule has 0 radical (unpaired) electrons. The molecule has 1 aromatic carbocycles. The number of anilines is 1. The standard InChI is InChI=1S/C19H29N3O5/c1-26-13-17(24)20-11-15-18(19(25)16(12-23)27-15)22-9-7-21(8-10-22)14-5-3-2-4-6-14/h2-6,15-16,18-19,23,25H,7-13H2,1H3,(H,20,24)/t15-,16+,18+,19-/m1/s1. The maximum Gasteiger partial charge on any atom is 0.246 e. The van der Waals surface area contributed by atoms with Crippen LogP contribution in [0.1, 0.15) is 0 Å². The molecule has 150 valence electrons. The number of carbonyl (C=O) groups excluding carboxylic acids is 1. The third-order valence-corrected chi connectivity index (χ3v) is 5.27. The van der Waals surface area contributed by atoms with Crippen molar-refractivity contribution in [3.05, 3.63) is 30.3 Å². The number of aliphatic hydroxyl groups excluding tert-OH is 2. The second kappa shape index (κ2) is 9.48. The molecule has 2 saturated heterocycles. The minimum Gasteiger partial charge on any atom is -0.394 e. The molecule has 0 unspecified atom stereocenters. The number of nitrogens with zero attached hydrogens (tertiary/aromatic N) is 2.